The highest BCUT2D eigenvalue weighted by Gasteiger charge is 2.33. The number of rotatable bonds is 7. The first kappa shape index (κ1) is 24.8. The summed E-state index contributed by atoms with van der Waals surface area (Å²) in [5.41, 5.74) is 13.2. The number of hydrogen-bond donors (Lipinski definition) is 3. The molecular weight excluding hydrogens is 482 g/mol. The maximum absolute atomic E-state index is 12.5. The Labute approximate surface area is 198 Å². The minimum absolute atomic E-state index is 0.0589. The third-order valence-corrected chi connectivity index (χ3v) is 5.25. The van der Waals surface area contributed by atoms with Gasteiger partial charge in [-0.25, -0.2) is 9.79 Å². The van der Waals surface area contributed by atoms with E-state index in [0.717, 1.165) is 18.9 Å². The lowest BCUT2D eigenvalue weighted by atomic mass is 10.0. The predicted octanol–water partition coefficient (Wildman–Crippen LogP) is 4.11. The number of amides is 2. The van der Waals surface area contributed by atoms with E-state index in [1.54, 1.807) is 0 Å². The fraction of sp³-hybridized carbons (Fsp3) is 0.333. The van der Waals surface area contributed by atoms with Crippen LogP contribution in [0.5, 0.6) is 5.75 Å². The van der Waals surface area contributed by atoms with Crippen molar-refractivity contribution in [3.63, 3.8) is 0 Å². The van der Waals surface area contributed by atoms with Crippen LogP contribution in [0.15, 0.2) is 52.9 Å². The van der Waals surface area contributed by atoms with Gasteiger partial charge in [-0.2, -0.15) is 13.2 Å². The van der Waals surface area contributed by atoms with E-state index < -0.39 is 12.8 Å². The van der Waals surface area contributed by atoms with E-state index >= 15 is 0 Å². The molecule has 178 valence electrons. The lowest BCUT2D eigenvalue weighted by molar-refractivity contribution is -0.0801. The Balaban J connectivity index is 1.94. The first-order valence-electron chi connectivity index (χ1n) is 9.87. The summed E-state index contributed by atoms with van der Waals surface area (Å²) in [5, 5.41) is 3.20. The summed E-state index contributed by atoms with van der Waals surface area (Å²) in [6, 6.07) is 2.71. The van der Waals surface area contributed by atoms with Crippen molar-refractivity contribution in [2.24, 2.45) is 16.5 Å². The molecule has 1 heterocycles. The summed E-state index contributed by atoms with van der Waals surface area (Å²) in [6.45, 7) is 3.44. The van der Waals surface area contributed by atoms with Crippen LogP contribution >= 0.6 is 23.2 Å². The number of nitrogens with zero attached hydrogens (tertiary/aromatic N) is 2. The first-order valence-corrected chi connectivity index (χ1v) is 10.6. The highest BCUT2D eigenvalue weighted by Crippen LogP contribution is 2.35. The number of halogens is 5. The second kappa shape index (κ2) is 9.96. The first-order chi connectivity index (χ1) is 15.4. The molecule has 1 aromatic carbocycles. The predicted molar refractivity (Wildman–Crippen MR) is 121 cm³/mol. The average molecular weight is 504 g/mol. The molecular formula is C21H22Cl2F3N5O2. The zero-order valence-electron chi connectivity index (χ0n) is 17.4. The van der Waals surface area contributed by atoms with Crippen molar-refractivity contribution in [1.29, 1.82) is 0 Å². The van der Waals surface area contributed by atoms with Crippen LogP contribution in [0.25, 0.3) is 0 Å². The van der Waals surface area contributed by atoms with Gasteiger partial charge < -0.3 is 26.4 Å². The molecule has 1 aliphatic carbocycles. The summed E-state index contributed by atoms with van der Waals surface area (Å²) in [7, 11) is 0. The lowest BCUT2D eigenvalue weighted by Crippen LogP contribution is -2.40. The standard InChI is InChI=1S/C21H22Cl2F3N5O2/c1-11(27)29-19(14-9-31(10-16(14)28)20(32)30-13-3-4-13)18-15(23)7-12(22)8-17(18)33-6-2-5-21(24,25)26/h2,5,7-8,13H,1,3-4,6,9-10,27-28H2,(H,30,32)/b5-2+,29-19?. The van der Waals surface area contributed by atoms with Gasteiger partial charge in [0.05, 0.1) is 29.4 Å². The quantitative estimate of drug-likeness (QED) is 0.384. The van der Waals surface area contributed by atoms with Crippen LogP contribution in [0.2, 0.25) is 10.0 Å². The molecule has 0 aromatic heterocycles. The van der Waals surface area contributed by atoms with Crippen molar-refractivity contribution >= 4 is 34.9 Å². The molecule has 12 heteroatoms. The number of carbonyl (C=O) groups excluding carboxylic acids is 1. The van der Waals surface area contributed by atoms with Crippen molar-refractivity contribution in [1.82, 2.24) is 10.2 Å². The zero-order valence-corrected chi connectivity index (χ0v) is 18.9. The SMILES string of the molecule is C=C(N)N=C(C1=C(N)CN(C(=O)NC2CC2)C1)c1c(Cl)cc(Cl)cc1OC/C=C/C(F)(F)F. The Morgan fingerprint density at radius 1 is 1.33 bits per heavy atom. The Hall–Kier alpha value is -2.85. The smallest absolute Gasteiger partial charge is 0.409 e. The molecule has 0 radical (unpaired) electrons. The molecule has 0 saturated heterocycles. The molecule has 2 amide bonds. The number of allylic oxidation sites excluding steroid dienone is 1. The van der Waals surface area contributed by atoms with E-state index in [4.69, 9.17) is 39.4 Å². The largest absolute Gasteiger partial charge is 0.489 e. The Bertz CT molecular complexity index is 1050. The number of urea groups is 1. The normalized spacial score (nSPS) is 17.1. The number of hydrogen-bond acceptors (Lipinski definition) is 5. The maximum Gasteiger partial charge on any atom is 0.409 e. The van der Waals surface area contributed by atoms with Gasteiger partial charge in [-0.1, -0.05) is 29.8 Å². The number of aliphatic imine (C=N–C) groups is 1. The lowest BCUT2D eigenvalue weighted by Gasteiger charge is -2.19. The van der Waals surface area contributed by atoms with E-state index in [1.165, 1.54) is 17.0 Å². The van der Waals surface area contributed by atoms with Crippen LogP contribution in [-0.2, 0) is 0 Å². The molecule has 1 aliphatic heterocycles. The third kappa shape index (κ3) is 6.82. The number of ether oxygens (including phenoxy) is 1. The molecule has 2 aliphatic rings. The van der Waals surface area contributed by atoms with Gasteiger partial charge in [-0.15, -0.1) is 0 Å². The highest BCUT2D eigenvalue weighted by molar-refractivity contribution is 6.38. The van der Waals surface area contributed by atoms with E-state index in [0.29, 0.717) is 11.3 Å². The third-order valence-electron chi connectivity index (χ3n) is 4.73. The molecule has 0 bridgehead atoms. The molecule has 0 unspecified atom stereocenters. The summed E-state index contributed by atoms with van der Waals surface area (Å²) >= 11 is 12.5. The minimum atomic E-state index is -4.48. The van der Waals surface area contributed by atoms with Crippen LogP contribution in [0.3, 0.4) is 0 Å². The Morgan fingerprint density at radius 2 is 2.03 bits per heavy atom. The summed E-state index contributed by atoms with van der Waals surface area (Å²) in [4.78, 5) is 18.3. The summed E-state index contributed by atoms with van der Waals surface area (Å²) in [5.74, 6) is 0.000576. The molecule has 1 aromatic rings. The van der Waals surface area contributed by atoms with Crippen LogP contribution in [0, 0.1) is 0 Å². The maximum atomic E-state index is 12.5. The number of nitrogens with one attached hydrogen (secondary N) is 1. The number of benzene rings is 1. The van der Waals surface area contributed by atoms with Crippen LogP contribution in [-0.4, -0.2) is 48.6 Å². The van der Waals surface area contributed by atoms with Crippen molar-refractivity contribution < 1.29 is 22.7 Å². The van der Waals surface area contributed by atoms with E-state index in [-0.39, 0.29) is 64.1 Å². The fourth-order valence-electron chi connectivity index (χ4n) is 3.14. The molecule has 1 fully saturated rings. The van der Waals surface area contributed by atoms with Crippen LogP contribution in [0.4, 0.5) is 18.0 Å². The Morgan fingerprint density at radius 3 is 2.64 bits per heavy atom. The number of nitrogens with two attached hydrogens (primary N) is 2. The minimum Gasteiger partial charge on any atom is -0.489 e. The Kier molecular flexibility index (Phi) is 7.48. The fourth-order valence-corrected chi connectivity index (χ4v) is 3.71. The van der Waals surface area contributed by atoms with E-state index in [1.807, 2.05) is 0 Å². The molecule has 3 rings (SSSR count). The second-order valence-electron chi connectivity index (χ2n) is 7.55. The molecule has 7 nitrogen and oxygen atoms in total. The van der Waals surface area contributed by atoms with Gasteiger partial charge >= 0.3 is 12.2 Å². The van der Waals surface area contributed by atoms with E-state index in [2.05, 4.69) is 16.9 Å². The van der Waals surface area contributed by atoms with Gasteiger partial charge in [0.15, 0.2) is 0 Å². The van der Waals surface area contributed by atoms with Crippen molar-refractivity contribution in [3.8, 4) is 5.75 Å². The van der Waals surface area contributed by atoms with Crippen LogP contribution < -0.4 is 21.5 Å². The molecule has 1 saturated carbocycles. The molecule has 5 N–H and O–H groups in total. The van der Waals surface area contributed by atoms with Crippen molar-refractivity contribution in [3.05, 3.63) is 63.6 Å². The van der Waals surface area contributed by atoms with Crippen molar-refractivity contribution in [2.45, 2.75) is 25.1 Å². The molecule has 0 atom stereocenters. The topological polar surface area (TPSA) is 106 Å². The van der Waals surface area contributed by atoms with Gasteiger partial charge in [0.2, 0.25) is 0 Å². The van der Waals surface area contributed by atoms with Gasteiger partial charge in [0.1, 0.15) is 18.2 Å². The van der Waals surface area contributed by atoms with Gasteiger partial charge in [0.25, 0.3) is 0 Å². The average Bonchev–Trinajstić information content (AvgIpc) is 3.41. The monoisotopic (exact) mass is 503 g/mol. The summed E-state index contributed by atoms with van der Waals surface area (Å²) < 4.78 is 42.7. The van der Waals surface area contributed by atoms with E-state index in [9.17, 15) is 18.0 Å². The van der Waals surface area contributed by atoms with Crippen LogP contribution in [0.1, 0.15) is 18.4 Å². The van der Waals surface area contributed by atoms with Gasteiger partial charge in [0, 0.05) is 28.4 Å². The zero-order chi connectivity index (χ0) is 24.3. The molecule has 33 heavy (non-hydrogen) atoms. The molecule has 0 spiro atoms. The number of carbonyl (C=O) groups is 1. The number of alkyl halides is 3. The highest BCUT2D eigenvalue weighted by atomic mass is 35.5. The second-order valence-corrected chi connectivity index (χ2v) is 8.39. The van der Waals surface area contributed by atoms with Gasteiger partial charge in [-0.05, 0) is 31.1 Å². The van der Waals surface area contributed by atoms with Crippen molar-refractivity contribution in [2.75, 3.05) is 19.7 Å². The summed E-state index contributed by atoms with van der Waals surface area (Å²) in [6.07, 6.45) is -1.75. The van der Waals surface area contributed by atoms with Gasteiger partial charge in [-0.3, -0.25) is 0 Å².